The van der Waals surface area contributed by atoms with Gasteiger partial charge >= 0.3 is 0 Å². The van der Waals surface area contributed by atoms with Crippen LogP contribution in [0.3, 0.4) is 0 Å². The Hall–Kier alpha value is -4.15. The van der Waals surface area contributed by atoms with E-state index >= 15 is 0 Å². The molecule has 0 atom stereocenters. The van der Waals surface area contributed by atoms with E-state index in [1.807, 2.05) is 55.5 Å². The largest absolute Gasteiger partial charge is 0.325 e. The number of hydrogen-bond acceptors (Lipinski definition) is 6. The molecule has 6 rings (SSSR count). The molecule has 182 valence electrons. The van der Waals surface area contributed by atoms with E-state index in [4.69, 9.17) is 0 Å². The standard InChI is InChI=1S/C27H18BrN5O3S/c1-15-6-12-18(13-7-15)29-21(34)14-32-20-5-3-2-4-19(20)22(25(32)35)23-26(36)33-27(37-23)30-24(31-33)16-8-10-17(28)11-9-16/h2-13H,14H2,1H3,(H,29,34)/b23-22-. The summed E-state index contributed by atoms with van der Waals surface area (Å²) in [6.45, 7) is 1.78. The van der Waals surface area contributed by atoms with Crippen molar-refractivity contribution in [3.63, 3.8) is 0 Å². The van der Waals surface area contributed by atoms with Gasteiger partial charge in [0.2, 0.25) is 10.9 Å². The molecular weight excluding hydrogens is 554 g/mol. The van der Waals surface area contributed by atoms with Gasteiger partial charge in [-0.25, -0.2) is 0 Å². The first-order chi connectivity index (χ1) is 17.9. The van der Waals surface area contributed by atoms with Gasteiger partial charge in [0, 0.05) is 21.3 Å². The maximum atomic E-state index is 13.6. The summed E-state index contributed by atoms with van der Waals surface area (Å²) >= 11 is 4.52. The molecule has 1 aliphatic rings. The van der Waals surface area contributed by atoms with Crippen molar-refractivity contribution in [3.8, 4) is 11.4 Å². The highest BCUT2D eigenvalue weighted by atomic mass is 79.9. The van der Waals surface area contributed by atoms with Crippen LogP contribution in [0.1, 0.15) is 11.1 Å². The number of thiazole rings is 1. The summed E-state index contributed by atoms with van der Waals surface area (Å²) in [5.41, 5.74) is 3.52. The topological polar surface area (TPSA) is 96.7 Å². The second kappa shape index (κ2) is 9.06. The predicted molar refractivity (Wildman–Crippen MR) is 147 cm³/mol. The van der Waals surface area contributed by atoms with E-state index in [1.54, 1.807) is 24.3 Å². The zero-order chi connectivity index (χ0) is 25.7. The number of nitrogens with zero attached hydrogens (tertiary/aromatic N) is 4. The average molecular weight is 572 g/mol. The Morgan fingerprint density at radius 3 is 2.46 bits per heavy atom. The van der Waals surface area contributed by atoms with Gasteiger partial charge in [-0.05, 0) is 37.3 Å². The minimum Gasteiger partial charge on any atom is -0.325 e. The average Bonchev–Trinajstić information content (AvgIpc) is 3.52. The Balaban J connectivity index is 1.38. The SMILES string of the molecule is Cc1ccc(NC(=O)CN2C(=O)/C(=c3\sc4nc(-c5ccc(Br)cc5)nn4c3=O)c3ccccc32)cc1. The molecule has 8 nitrogen and oxygen atoms in total. The molecule has 0 fully saturated rings. The number of nitrogens with one attached hydrogen (secondary N) is 1. The Morgan fingerprint density at radius 1 is 1.00 bits per heavy atom. The lowest BCUT2D eigenvalue weighted by Gasteiger charge is -2.16. The number of aryl methyl sites for hydroxylation is 1. The van der Waals surface area contributed by atoms with Crippen molar-refractivity contribution in [2.45, 2.75) is 6.92 Å². The van der Waals surface area contributed by atoms with Crippen molar-refractivity contribution in [3.05, 3.63) is 103 Å². The third kappa shape index (κ3) is 4.13. The van der Waals surface area contributed by atoms with Gasteiger partial charge in [0.1, 0.15) is 11.1 Å². The number of carbonyl (C=O) groups is 2. The van der Waals surface area contributed by atoms with E-state index < -0.39 is 11.5 Å². The normalized spacial score (nSPS) is 14.3. The van der Waals surface area contributed by atoms with Crippen LogP contribution >= 0.6 is 27.3 Å². The number of para-hydroxylation sites is 1. The first kappa shape index (κ1) is 23.3. The van der Waals surface area contributed by atoms with Crippen molar-refractivity contribution in [1.29, 1.82) is 0 Å². The highest BCUT2D eigenvalue weighted by Gasteiger charge is 2.35. The van der Waals surface area contributed by atoms with E-state index in [1.165, 1.54) is 9.42 Å². The van der Waals surface area contributed by atoms with Gasteiger partial charge in [0.25, 0.3) is 11.5 Å². The predicted octanol–water partition coefficient (Wildman–Crippen LogP) is 3.79. The molecule has 5 aromatic rings. The minimum atomic E-state index is -0.417. The van der Waals surface area contributed by atoms with Gasteiger partial charge in [0.05, 0.1) is 11.3 Å². The molecule has 2 aromatic heterocycles. The lowest BCUT2D eigenvalue weighted by molar-refractivity contribution is -0.118. The smallest absolute Gasteiger partial charge is 0.291 e. The molecule has 1 N–H and O–H groups in total. The van der Waals surface area contributed by atoms with Gasteiger partial charge in [-0.2, -0.15) is 9.50 Å². The lowest BCUT2D eigenvalue weighted by Crippen LogP contribution is -2.37. The fourth-order valence-corrected chi connectivity index (χ4v) is 5.51. The highest BCUT2D eigenvalue weighted by molar-refractivity contribution is 9.10. The van der Waals surface area contributed by atoms with Crippen molar-refractivity contribution < 1.29 is 9.59 Å². The molecule has 0 aliphatic carbocycles. The van der Waals surface area contributed by atoms with Crippen molar-refractivity contribution in [2.24, 2.45) is 0 Å². The van der Waals surface area contributed by atoms with Crippen LogP contribution in [-0.2, 0) is 9.59 Å². The van der Waals surface area contributed by atoms with Crippen LogP contribution in [0.25, 0.3) is 21.9 Å². The van der Waals surface area contributed by atoms with Crippen LogP contribution in [-0.4, -0.2) is 33.0 Å². The molecule has 1 aliphatic heterocycles. The summed E-state index contributed by atoms with van der Waals surface area (Å²) < 4.78 is 2.40. The minimum absolute atomic E-state index is 0.185. The van der Waals surface area contributed by atoms with Crippen LogP contribution in [0.15, 0.2) is 82.1 Å². The maximum absolute atomic E-state index is 13.6. The first-order valence-electron chi connectivity index (χ1n) is 11.4. The number of amides is 2. The van der Waals surface area contributed by atoms with Gasteiger partial charge in [-0.15, -0.1) is 5.10 Å². The Labute approximate surface area is 223 Å². The second-order valence-corrected chi connectivity index (χ2v) is 10.5. The van der Waals surface area contributed by atoms with Crippen LogP contribution in [0.5, 0.6) is 0 Å². The summed E-state index contributed by atoms with van der Waals surface area (Å²) in [4.78, 5) is 46.1. The molecule has 0 saturated carbocycles. The van der Waals surface area contributed by atoms with Crippen LogP contribution in [0, 0.1) is 6.92 Å². The Morgan fingerprint density at radius 2 is 1.73 bits per heavy atom. The molecule has 0 radical (unpaired) electrons. The molecule has 2 amide bonds. The number of hydrogen-bond donors (Lipinski definition) is 1. The fraction of sp³-hybridized carbons (Fsp3) is 0.0741. The molecule has 3 aromatic carbocycles. The highest BCUT2D eigenvalue weighted by Crippen LogP contribution is 2.35. The zero-order valence-electron chi connectivity index (χ0n) is 19.4. The first-order valence-corrected chi connectivity index (χ1v) is 13.0. The second-order valence-electron chi connectivity index (χ2n) is 8.57. The number of anilines is 2. The number of halogens is 1. The number of rotatable bonds is 4. The molecule has 0 spiro atoms. The number of fused-ring (bicyclic) bond motifs is 2. The Bertz CT molecular complexity index is 1810. The summed E-state index contributed by atoms with van der Waals surface area (Å²) in [5, 5.41) is 7.22. The molecule has 37 heavy (non-hydrogen) atoms. The summed E-state index contributed by atoms with van der Waals surface area (Å²) in [5.74, 6) is -0.313. The van der Waals surface area contributed by atoms with Crippen LogP contribution in [0.4, 0.5) is 11.4 Å². The van der Waals surface area contributed by atoms with Gasteiger partial charge < -0.3 is 5.32 Å². The van der Waals surface area contributed by atoms with E-state index in [-0.39, 0.29) is 22.6 Å². The van der Waals surface area contributed by atoms with Crippen LogP contribution < -0.4 is 20.3 Å². The molecular formula is C27H18BrN5O3S. The zero-order valence-corrected chi connectivity index (χ0v) is 21.8. The summed E-state index contributed by atoms with van der Waals surface area (Å²) in [6, 6.07) is 22.0. The molecule has 3 heterocycles. The van der Waals surface area contributed by atoms with Gasteiger partial charge in [0.15, 0.2) is 5.82 Å². The van der Waals surface area contributed by atoms with Crippen molar-refractivity contribution >= 4 is 61.0 Å². The maximum Gasteiger partial charge on any atom is 0.291 e. The number of carbonyl (C=O) groups excluding carboxylic acids is 2. The molecule has 10 heteroatoms. The number of aromatic nitrogens is 3. The molecule has 0 unspecified atom stereocenters. The summed E-state index contributed by atoms with van der Waals surface area (Å²) in [6.07, 6.45) is 0. The Kier molecular flexibility index (Phi) is 5.69. The monoisotopic (exact) mass is 571 g/mol. The quantitative estimate of drug-likeness (QED) is 0.354. The summed E-state index contributed by atoms with van der Waals surface area (Å²) in [7, 11) is 0. The van der Waals surface area contributed by atoms with E-state index in [9.17, 15) is 14.4 Å². The third-order valence-corrected chi connectivity index (χ3v) is 7.61. The van der Waals surface area contributed by atoms with Crippen LogP contribution in [0.2, 0.25) is 0 Å². The van der Waals surface area contributed by atoms with Crippen molar-refractivity contribution in [2.75, 3.05) is 16.8 Å². The fourth-order valence-electron chi connectivity index (χ4n) is 4.24. The van der Waals surface area contributed by atoms with E-state index in [2.05, 4.69) is 31.3 Å². The third-order valence-electron chi connectivity index (χ3n) is 6.05. The lowest BCUT2D eigenvalue weighted by atomic mass is 10.1. The van der Waals surface area contributed by atoms with E-state index in [0.717, 1.165) is 26.9 Å². The number of benzene rings is 3. The molecule has 0 saturated heterocycles. The molecule has 0 bridgehead atoms. The van der Waals surface area contributed by atoms with Crippen molar-refractivity contribution in [1.82, 2.24) is 14.6 Å². The van der Waals surface area contributed by atoms with Gasteiger partial charge in [-0.3, -0.25) is 19.3 Å². The van der Waals surface area contributed by atoms with E-state index in [0.29, 0.717) is 27.7 Å². The van der Waals surface area contributed by atoms with Gasteiger partial charge in [-0.1, -0.05) is 75.3 Å².